The van der Waals surface area contributed by atoms with Gasteiger partial charge in [-0.05, 0) is 30.0 Å². The number of ether oxygens (including phenoxy) is 1. The highest BCUT2D eigenvalue weighted by Gasteiger charge is 2.30. The van der Waals surface area contributed by atoms with Crippen LogP contribution in [0.15, 0.2) is 53.5 Å². The van der Waals surface area contributed by atoms with Crippen molar-refractivity contribution in [2.75, 3.05) is 12.0 Å². The Morgan fingerprint density at radius 1 is 1.14 bits per heavy atom. The van der Waals surface area contributed by atoms with Crippen molar-refractivity contribution in [1.29, 1.82) is 0 Å². The third-order valence-corrected chi connectivity index (χ3v) is 5.28. The van der Waals surface area contributed by atoms with Gasteiger partial charge in [-0.1, -0.05) is 44.2 Å². The molecule has 190 valence electrons. The maximum atomic E-state index is 13.1. The van der Waals surface area contributed by atoms with Crippen LogP contribution in [0.25, 0.3) is 0 Å². The third-order valence-electron chi connectivity index (χ3n) is 5.28. The number of carbonyl (C=O) groups is 3. The van der Waals surface area contributed by atoms with Crippen LogP contribution in [0.5, 0.6) is 0 Å². The Morgan fingerprint density at radius 2 is 1.83 bits per heavy atom. The van der Waals surface area contributed by atoms with Crippen LogP contribution < -0.4 is 21.9 Å². The van der Waals surface area contributed by atoms with E-state index in [-0.39, 0.29) is 25.1 Å². The SMILES string of the molecule is CC(C)C(C(=O)NC(CCC(N)=O)C(O)CF)n1cccc(NC(=O)OCc2ccccc2)c1=O. The fraction of sp³-hybridized carbons (Fsp3) is 0.417. The van der Waals surface area contributed by atoms with E-state index in [2.05, 4.69) is 10.6 Å². The number of pyridine rings is 1. The largest absolute Gasteiger partial charge is 0.444 e. The number of nitrogens with zero attached hydrogens (tertiary/aromatic N) is 1. The average Bonchev–Trinajstić information content (AvgIpc) is 2.82. The van der Waals surface area contributed by atoms with E-state index in [1.165, 1.54) is 18.3 Å². The topological polar surface area (TPSA) is 153 Å². The standard InChI is InChI=1S/C24H31FN4O6/c1-15(2)21(22(32)27-17(19(30)13-25)10-11-20(26)31)29-12-6-9-18(23(29)33)28-24(34)35-14-16-7-4-3-5-8-16/h3-9,12,15,17,19,21,30H,10-11,13-14H2,1-2H3,(H2,26,31)(H,27,32)(H,28,34). The van der Waals surface area contributed by atoms with Gasteiger partial charge in [0, 0.05) is 12.6 Å². The van der Waals surface area contributed by atoms with Crippen LogP contribution in [-0.2, 0) is 20.9 Å². The molecule has 11 heteroatoms. The average molecular weight is 491 g/mol. The second-order valence-electron chi connectivity index (χ2n) is 8.35. The first-order chi connectivity index (χ1) is 16.6. The lowest BCUT2D eigenvalue weighted by atomic mass is 10.00. The first kappa shape index (κ1) is 27.5. The number of alkyl halides is 1. The molecule has 0 aliphatic rings. The minimum atomic E-state index is -1.55. The summed E-state index contributed by atoms with van der Waals surface area (Å²) in [4.78, 5) is 49.4. The Balaban J connectivity index is 2.18. The van der Waals surface area contributed by atoms with E-state index in [4.69, 9.17) is 10.5 Å². The van der Waals surface area contributed by atoms with E-state index in [1.54, 1.807) is 38.1 Å². The van der Waals surface area contributed by atoms with Crippen molar-refractivity contribution in [2.45, 2.75) is 51.5 Å². The Kier molecular flexibility index (Phi) is 10.4. The molecule has 0 bridgehead atoms. The zero-order valence-corrected chi connectivity index (χ0v) is 19.6. The number of hydrogen-bond donors (Lipinski definition) is 4. The number of aliphatic hydroxyl groups excluding tert-OH is 1. The van der Waals surface area contributed by atoms with Crippen LogP contribution in [0.1, 0.15) is 38.3 Å². The van der Waals surface area contributed by atoms with E-state index in [0.717, 1.165) is 10.1 Å². The molecule has 3 unspecified atom stereocenters. The number of primary amides is 1. The number of nitrogens with one attached hydrogen (secondary N) is 2. The molecule has 0 aliphatic heterocycles. The van der Waals surface area contributed by atoms with Gasteiger partial charge < -0.3 is 25.5 Å². The molecule has 1 heterocycles. The fourth-order valence-corrected chi connectivity index (χ4v) is 3.48. The van der Waals surface area contributed by atoms with Crippen LogP contribution in [0.2, 0.25) is 0 Å². The Hall–Kier alpha value is -3.73. The maximum absolute atomic E-state index is 13.1. The maximum Gasteiger partial charge on any atom is 0.412 e. The number of halogens is 1. The second kappa shape index (κ2) is 13.2. The quantitative estimate of drug-likeness (QED) is 0.356. The molecule has 35 heavy (non-hydrogen) atoms. The van der Waals surface area contributed by atoms with E-state index in [9.17, 15) is 28.7 Å². The van der Waals surface area contributed by atoms with Gasteiger partial charge in [-0.2, -0.15) is 0 Å². The zero-order chi connectivity index (χ0) is 26.0. The van der Waals surface area contributed by atoms with Crippen molar-refractivity contribution in [2.24, 2.45) is 11.7 Å². The van der Waals surface area contributed by atoms with Gasteiger partial charge >= 0.3 is 6.09 Å². The lowest BCUT2D eigenvalue weighted by Crippen LogP contribution is -2.49. The highest BCUT2D eigenvalue weighted by Crippen LogP contribution is 2.18. The fourth-order valence-electron chi connectivity index (χ4n) is 3.48. The van der Waals surface area contributed by atoms with Gasteiger partial charge in [0.2, 0.25) is 11.8 Å². The molecule has 2 rings (SSSR count). The van der Waals surface area contributed by atoms with Crippen molar-refractivity contribution in [3.8, 4) is 0 Å². The highest BCUT2D eigenvalue weighted by molar-refractivity contribution is 5.84. The molecular formula is C24H31FN4O6. The van der Waals surface area contributed by atoms with Crippen molar-refractivity contribution in [1.82, 2.24) is 9.88 Å². The van der Waals surface area contributed by atoms with Crippen LogP contribution >= 0.6 is 0 Å². The summed E-state index contributed by atoms with van der Waals surface area (Å²) in [6, 6.07) is 9.73. The van der Waals surface area contributed by atoms with Gasteiger partial charge in [-0.15, -0.1) is 0 Å². The molecule has 3 atom stereocenters. The second-order valence-corrected chi connectivity index (χ2v) is 8.35. The minimum Gasteiger partial charge on any atom is -0.444 e. The summed E-state index contributed by atoms with van der Waals surface area (Å²) < 4.78 is 19.4. The van der Waals surface area contributed by atoms with Gasteiger partial charge in [0.25, 0.3) is 5.56 Å². The number of aliphatic hydroxyl groups is 1. The Labute approximate surface area is 202 Å². The summed E-state index contributed by atoms with van der Waals surface area (Å²) in [5, 5.41) is 14.8. The summed E-state index contributed by atoms with van der Waals surface area (Å²) >= 11 is 0. The minimum absolute atomic E-state index is 0.00825. The summed E-state index contributed by atoms with van der Waals surface area (Å²) in [6.07, 6.45) is -1.24. The lowest BCUT2D eigenvalue weighted by Gasteiger charge is -2.28. The molecule has 2 aromatic rings. The molecule has 5 N–H and O–H groups in total. The molecule has 1 aromatic carbocycles. The molecule has 0 spiro atoms. The molecule has 0 fully saturated rings. The molecule has 1 aromatic heterocycles. The van der Waals surface area contributed by atoms with Gasteiger partial charge in [0.15, 0.2) is 0 Å². The number of benzene rings is 1. The molecular weight excluding hydrogens is 459 g/mol. The molecule has 10 nitrogen and oxygen atoms in total. The monoisotopic (exact) mass is 490 g/mol. The van der Waals surface area contributed by atoms with Crippen molar-refractivity contribution < 1.29 is 28.6 Å². The highest BCUT2D eigenvalue weighted by atomic mass is 19.1. The van der Waals surface area contributed by atoms with E-state index >= 15 is 0 Å². The number of hydrogen-bond acceptors (Lipinski definition) is 6. The van der Waals surface area contributed by atoms with Gasteiger partial charge in [0.05, 0.1) is 6.04 Å². The van der Waals surface area contributed by atoms with Gasteiger partial charge in [-0.3, -0.25) is 19.7 Å². The van der Waals surface area contributed by atoms with Crippen LogP contribution in [0.4, 0.5) is 14.9 Å². The van der Waals surface area contributed by atoms with E-state index < -0.39 is 54.2 Å². The molecule has 0 radical (unpaired) electrons. The van der Waals surface area contributed by atoms with Crippen LogP contribution in [0, 0.1) is 5.92 Å². The first-order valence-electron chi connectivity index (χ1n) is 11.2. The zero-order valence-electron chi connectivity index (χ0n) is 19.6. The van der Waals surface area contributed by atoms with Crippen molar-refractivity contribution in [3.05, 3.63) is 64.6 Å². The summed E-state index contributed by atoms with van der Waals surface area (Å²) in [6.45, 7) is 2.28. The normalized spacial score (nSPS) is 13.5. The lowest BCUT2D eigenvalue weighted by molar-refractivity contribution is -0.128. The van der Waals surface area contributed by atoms with Crippen molar-refractivity contribution >= 4 is 23.6 Å². The van der Waals surface area contributed by atoms with Crippen LogP contribution in [-0.4, -0.2) is 46.4 Å². The van der Waals surface area contributed by atoms with E-state index in [1.807, 2.05) is 6.07 Å². The van der Waals surface area contributed by atoms with Crippen LogP contribution in [0.3, 0.4) is 0 Å². The number of rotatable bonds is 12. The van der Waals surface area contributed by atoms with Gasteiger partial charge in [-0.25, -0.2) is 9.18 Å². The molecule has 3 amide bonds. The number of carbonyl (C=O) groups excluding carboxylic acids is 3. The molecule has 0 aliphatic carbocycles. The summed E-state index contributed by atoms with van der Waals surface area (Å²) in [5.41, 5.74) is 5.14. The Morgan fingerprint density at radius 3 is 2.43 bits per heavy atom. The predicted molar refractivity (Wildman–Crippen MR) is 127 cm³/mol. The van der Waals surface area contributed by atoms with E-state index in [0.29, 0.717) is 0 Å². The predicted octanol–water partition coefficient (Wildman–Crippen LogP) is 1.87. The Bertz CT molecular complexity index is 1060. The summed E-state index contributed by atoms with van der Waals surface area (Å²) in [5.74, 6) is -1.72. The van der Waals surface area contributed by atoms with Crippen molar-refractivity contribution in [3.63, 3.8) is 0 Å². The molecule has 0 saturated heterocycles. The van der Waals surface area contributed by atoms with Gasteiger partial charge in [0.1, 0.15) is 31.1 Å². The molecule has 0 saturated carbocycles. The smallest absolute Gasteiger partial charge is 0.412 e. The first-order valence-corrected chi connectivity index (χ1v) is 11.2. The number of nitrogens with two attached hydrogens (primary N) is 1. The number of anilines is 1. The number of amides is 3. The third kappa shape index (κ3) is 8.21. The summed E-state index contributed by atoms with van der Waals surface area (Å²) in [7, 11) is 0. The number of aromatic nitrogens is 1.